The first kappa shape index (κ1) is 16.2. The molecule has 1 aliphatic rings. The van der Waals surface area contributed by atoms with Crippen LogP contribution in [-0.2, 0) is 16.1 Å². The minimum atomic E-state index is -0.681. The van der Waals surface area contributed by atoms with Crippen molar-refractivity contribution in [3.05, 3.63) is 65.5 Å². The van der Waals surface area contributed by atoms with E-state index in [4.69, 9.17) is 0 Å². The molecule has 0 aromatic heterocycles. The van der Waals surface area contributed by atoms with Crippen LogP contribution < -0.4 is 10.2 Å². The Hall–Kier alpha value is -2.69. The first-order valence-electron chi connectivity index (χ1n) is 7.95. The molecular formula is C19H19FN2O2. The molecule has 1 aliphatic heterocycles. The Morgan fingerprint density at radius 3 is 2.71 bits per heavy atom. The molecule has 1 atom stereocenters. The van der Waals surface area contributed by atoms with Gasteiger partial charge in [-0.05, 0) is 43.2 Å². The molecule has 0 saturated carbocycles. The van der Waals surface area contributed by atoms with E-state index in [9.17, 15) is 14.0 Å². The number of rotatable bonds is 4. The van der Waals surface area contributed by atoms with Crippen LogP contribution in [0.5, 0.6) is 0 Å². The van der Waals surface area contributed by atoms with Crippen molar-refractivity contribution >= 4 is 17.5 Å². The second-order valence-corrected chi connectivity index (χ2v) is 6.01. The summed E-state index contributed by atoms with van der Waals surface area (Å²) in [5, 5.41) is 2.83. The van der Waals surface area contributed by atoms with Crippen LogP contribution >= 0.6 is 0 Å². The van der Waals surface area contributed by atoms with Gasteiger partial charge in [0.1, 0.15) is 11.7 Å². The van der Waals surface area contributed by atoms with E-state index in [0.717, 1.165) is 11.1 Å². The molecule has 0 bridgehead atoms. The number of halogens is 1. The van der Waals surface area contributed by atoms with Crippen molar-refractivity contribution in [2.75, 3.05) is 11.4 Å². The zero-order valence-corrected chi connectivity index (χ0v) is 13.5. The van der Waals surface area contributed by atoms with E-state index in [1.807, 2.05) is 31.2 Å². The van der Waals surface area contributed by atoms with Crippen molar-refractivity contribution in [1.29, 1.82) is 0 Å². The molecule has 1 heterocycles. The number of nitrogens with zero attached hydrogens (tertiary/aromatic N) is 1. The van der Waals surface area contributed by atoms with Crippen LogP contribution in [0.25, 0.3) is 0 Å². The molecular weight excluding hydrogens is 307 g/mol. The fraction of sp³-hybridized carbons (Fsp3) is 0.263. The van der Waals surface area contributed by atoms with Crippen molar-refractivity contribution < 1.29 is 14.0 Å². The standard InChI is InChI=1S/C19H19FN2O2/c1-13-3-2-4-14(11-13)12-21-18(23)17-9-10-22(19(17)24)16-7-5-15(20)6-8-16/h2-8,11,17H,9-10,12H2,1H3,(H,21,23). The van der Waals surface area contributed by atoms with Gasteiger partial charge in [0.2, 0.25) is 11.8 Å². The number of aryl methyl sites for hydroxylation is 1. The van der Waals surface area contributed by atoms with Gasteiger partial charge in [0, 0.05) is 18.8 Å². The molecule has 1 fully saturated rings. The molecule has 1 N–H and O–H groups in total. The zero-order chi connectivity index (χ0) is 17.1. The number of amides is 2. The summed E-state index contributed by atoms with van der Waals surface area (Å²) in [5.41, 5.74) is 2.75. The van der Waals surface area contributed by atoms with Crippen LogP contribution in [0.2, 0.25) is 0 Å². The van der Waals surface area contributed by atoms with Crippen molar-refractivity contribution in [3.63, 3.8) is 0 Å². The number of hydrogen-bond acceptors (Lipinski definition) is 2. The first-order valence-corrected chi connectivity index (χ1v) is 7.95. The van der Waals surface area contributed by atoms with Crippen LogP contribution in [0.3, 0.4) is 0 Å². The molecule has 1 unspecified atom stereocenters. The number of anilines is 1. The lowest BCUT2D eigenvalue weighted by Gasteiger charge is -2.16. The lowest BCUT2D eigenvalue weighted by atomic mass is 10.1. The molecule has 3 rings (SSSR count). The Morgan fingerprint density at radius 2 is 2.00 bits per heavy atom. The summed E-state index contributed by atoms with van der Waals surface area (Å²) in [5.74, 6) is -1.52. The monoisotopic (exact) mass is 326 g/mol. The fourth-order valence-electron chi connectivity index (χ4n) is 2.94. The van der Waals surface area contributed by atoms with Gasteiger partial charge >= 0.3 is 0 Å². The number of carbonyl (C=O) groups is 2. The van der Waals surface area contributed by atoms with Crippen LogP contribution in [0.1, 0.15) is 17.5 Å². The number of benzene rings is 2. The summed E-state index contributed by atoms with van der Waals surface area (Å²) >= 11 is 0. The summed E-state index contributed by atoms with van der Waals surface area (Å²) in [7, 11) is 0. The van der Waals surface area contributed by atoms with E-state index >= 15 is 0 Å². The van der Waals surface area contributed by atoms with Crippen LogP contribution in [0.15, 0.2) is 48.5 Å². The quantitative estimate of drug-likeness (QED) is 0.879. The molecule has 2 aromatic rings. The van der Waals surface area contributed by atoms with E-state index in [0.29, 0.717) is 25.2 Å². The maximum atomic E-state index is 13.0. The smallest absolute Gasteiger partial charge is 0.239 e. The number of nitrogens with one attached hydrogen (secondary N) is 1. The molecule has 1 saturated heterocycles. The molecule has 0 radical (unpaired) electrons. The summed E-state index contributed by atoms with van der Waals surface area (Å²) in [6.45, 7) is 2.86. The first-order chi connectivity index (χ1) is 11.5. The second-order valence-electron chi connectivity index (χ2n) is 6.01. The predicted molar refractivity (Wildman–Crippen MR) is 89.9 cm³/mol. The molecule has 4 nitrogen and oxygen atoms in total. The molecule has 2 amide bonds. The highest BCUT2D eigenvalue weighted by Crippen LogP contribution is 2.25. The fourth-order valence-corrected chi connectivity index (χ4v) is 2.94. The van der Waals surface area contributed by atoms with Crippen LogP contribution in [-0.4, -0.2) is 18.4 Å². The Bertz CT molecular complexity index is 758. The minimum absolute atomic E-state index is 0.233. The van der Waals surface area contributed by atoms with Gasteiger partial charge in [-0.3, -0.25) is 9.59 Å². The number of carbonyl (C=O) groups excluding carboxylic acids is 2. The average molecular weight is 326 g/mol. The lowest BCUT2D eigenvalue weighted by molar-refractivity contribution is -0.132. The predicted octanol–water partition coefficient (Wildman–Crippen LogP) is 2.80. The summed E-state index contributed by atoms with van der Waals surface area (Å²) in [6.07, 6.45) is 0.468. The van der Waals surface area contributed by atoms with E-state index in [1.165, 1.54) is 17.0 Å². The summed E-state index contributed by atoms with van der Waals surface area (Å²) < 4.78 is 13.0. The third kappa shape index (κ3) is 3.45. The SMILES string of the molecule is Cc1cccc(CNC(=O)C2CCN(c3ccc(F)cc3)C2=O)c1. The van der Waals surface area contributed by atoms with Crippen molar-refractivity contribution in [2.24, 2.45) is 5.92 Å². The molecule has 0 aliphatic carbocycles. The van der Waals surface area contributed by atoms with Gasteiger partial charge in [0.15, 0.2) is 0 Å². The van der Waals surface area contributed by atoms with E-state index in [2.05, 4.69) is 5.32 Å². The highest BCUT2D eigenvalue weighted by molar-refractivity contribution is 6.09. The average Bonchev–Trinajstić information content (AvgIpc) is 2.95. The van der Waals surface area contributed by atoms with Crippen molar-refractivity contribution in [1.82, 2.24) is 5.32 Å². The van der Waals surface area contributed by atoms with Gasteiger partial charge in [0.05, 0.1) is 0 Å². The lowest BCUT2D eigenvalue weighted by Crippen LogP contribution is -2.36. The summed E-state index contributed by atoms with van der Waals surface area (Å²) in [6, 6.07) is 13.6. The third-order valence-corrected chi connectivity index (χ3v) is 4.21. The summed E-state index contributed by atoms with van der Waals surface area (Å²) in [4.78, 5) is 26.3. The highest BCUT2D eigenvalue weighted by Gasteiger charge is 2.37. The van der Waals surface area contributed by atoms with Gasteiger partial charge in [-0.15, -0.1) is 0 Å². The van der Waals surface area contributed by atoms with Crippen LogP contribution in [0, 0.1) is 18.7 Å². The largest absolute Gasteiger partial charge is 0.351 e. The topological polar surface area (TPSA) is 49.4 Å². The Balaban J connectivity index is 1.62. The molecule has 2 aromatic carbocycles. The Morgan fingerprint density at radius 1 is 1.25 bits per heavy atom. The van der Waals surface area contributed by atoms with Gasteiger partial charge in [-0.1, -0.05) is 29.8 Å². The minimum Gasteiger partial charge on any atom is -0.351 e. The Kier molecular flexibility index (Phi) is 4.60. The molecule has 24 heavy (non-hydrogen) atoms. The van der Waals surface area contributed by atoms with Gasteiger partial charge < -0.3 is 10.2 Å². The van der Waals surface area contributed by atoms with E-state index < -0.39 is 5.92 Å². The van der Waals surface area contributed by atoms with Gasteiger partial charge in [-0.2, -0.15) is 0 Å². The third-order valence-electron chi connectivity index (χ3n) is 4.21. The molecule has 124 valence electrons. The molecule has 0 spiro atoms. The zero-order valence-electron chi connectivity index (χ0n) is 13.5. The Labute approximate surface area is 140 Å². The van der Waals surface area contributed by atoms with Gasteiger partial charge in [-0.25, -0.2) is 4.39 Å². The van der Waals surface area contributed by atoms with E-state index in [-0.39, 0.29) is 17.6 Å². The normalized spacial score (nSPS) is 17.2. The maximum Gasteiger partial charge on any atom is 0.239 e. The highest BCUT2D eigenvalue weighted by atomic mass is 19.1. The van der Waals surface area contributed by atoms with Crippen molar-refractivity contribution in [3.8, 4) is 0 Å². The molecule has 5 heteroatoms. The van der Waals surface area contributed by atoms with Crippen LogP contribution in [0.4, 0.5) is 10.1 Å². The van der Waals surface area contributed by atoms with E-state index in [1.54, 1.807) is 12.1 Å². The number of hydrogen-bond donors (Lipinski definition) is 1. The second kappa shape index (κ2) is 6.83. The van der Waals surface area contributed by atoms with Gasteiger partial charge in [0.25, 0.3) is 0 Å². The maximum absolute atomic E-state index is 13.0. The van der Waals surface area contributed by atoms with Crippen molar-refractivity contribution in [2.45, 2.75) is 19.9 Å².